The van der Waals surface area contributed by atoms with Gasteiger partial charge in [0.1, 0.15) is 0 Å². The molecule has 19 heavy (non-hydrogen) atoms. The van der Waals surface area contributed by atoms with Crippen molar-refractivity contribution in [2.24, 2.45) is 17.3 Å². The number of allylic oxidation sites excluding steroid dienone is 2. The second kappa shape index (κ2) is 5.99. The zero-order valence-corrected chi connectivity index (χ0v) is 11.8. The van der Waals surface area contributed by atoms with E-state index in [2.05, 4.69) is 9.47 Å². The highest BCUT2D eigenvalue weighted by molar-refractivity contribution is 5.98. The predicted molar refractivity (Wildman–Crippen MR) is 68.2 cm³/mol. The Labute approximate surface area is 112 Å². The van der Waals surface area contributed by atoms with Crippen molar-refractivity contribution in [2.45, 2.75) is 26.7 Å². The van der Waals surface area contributed by atoms with Crippen molar-refractivity contribution in [2.75, 3.05) is 14.2 Å². The number of methoxy groups -OCH3 is 2. The van der Waals surface area contributed by atoms with Crippen LogP contribution in [0.5, 0.6) is 0 Å². The number of hydrogen-bond acceptors (Lipinski definition) is 5. The smallest absolute Gasteiger partial charge is 0.309 e. The molecule has 0 aliphatic heterocycles. The first-order chi connectivity index (χ1) is 8.80. The van der Waals surface area contributed by atoms with E-state index in [1.807, 2.05) is 13.8 Å². The van der Waals surface area contributed by atoms with Crippen LogP contribution in [0.1, 0.15) is 26.7 Å². The van der Waals surface area contributed by atoms with Crippen LogP contribution in [0.3, 0.4) is 0 Å². The molecule has 1 aliphatic carbocycles. The van der Waals surface area contributed by atoms with Gasteiger partial charge in [-0.05, 0) is 17.9 Å². The molecular weight excluding hydrogens is 248 g/mol. The Morgan fingerprint density at radius 2 is 1.79 bits per heavy atom. The summed E-state index contributed by atoms with van der Waals surface area (Å²) in [7, 11) is 2.65. The summed E-state index contributed by atoms with van der Waals surface area (Å²) >= 11 is 0. The molecule has 0 spiro atoms. The van der Waals surface area contributed by atoms with Crippen LogP contribution in [0.4, 0.5) is 0 Å². The van der Waals surface area contributed by atoms with Crippen molar-refractivity contribution in [3.05, 3.63) is 12.2 Å². The summed E-state index contributed by atoms with van der Waals surface area (Å²) in [6, 6.07) is 0. The van der Waals surface area contributed by atoms with Crippen molar-refractivity contribution in [1.82, 2.24) is 0 Å². The Morgan fingerprint density at radius 1 is 1.16 bits per heavy atom. The average Bonchev–Trinajstić information content (AvgIpc) is 3.14. The van der Waals surface area contributed by atoms with Crippen LogP contribution in [-0.2, 0) is 23.9 Å². The maximum atomic E-state index is 11.8. The number of carbonyl (C=O) groups is 3. The lowest BCUT2D eigenvalue weighted by Crippen LogP contribution is -2.16. The van der Waals surface area contributed by atoms with E-state index in [9.17, 15) is 14.4 Å². The second-order valence-corrected chi connectivity index (χ2v) is 5.45. The van der Waals surface area contributed by atoms with E-state index in [0.29, 0.717) is 6.42 Å². The minimum absolute atomic E-state index is 0.0895. The monoisotopic (exact) mass is 268 g/mol. The van der Waals surface area contributed by atoms with Crippen molar-refractivity contribution < 1.29 is 23.9 Å². The highest BCUT2D eigenvalue weighted by Crippen LogP contribution is 2.40. The molecule has 5 heteroatoms. The van der Waals surface area contributed by atoms with E-state index in [-0.39, 0.29) is 36.0 Å². The van der Waals surface area contributed by atoms with Crippen LogP contribution in [0, 0.1) is 17.3 Å². The summed E-state index contributed by atoms with van der Waals surface area (Å²) in [4.78, 5) is 34.2. The van der Waals surface area contributed by atoms with Gasteiger partial charge in [-0.2, -0.15) is 0 Å². The van der Waals surface area contributed by atoms with E-state index in [1.54, 1.807) is 6.08 Å². The predicted octanol–water partition coefficient (Wildman–Crippen LogP) is 1.51. The lowest BCUT2D eigenvalue weighted by Gasteiger charge is -2.17. The fourth-order valence-corrected chi connectivity index (χ4v) is 1.86. The quantitative estimate of drug-likeness (QED) is 0.539. The van der Waals surface area contributed by atoms with Crippen LogP contribution in [0.25, 0.3) is 0 Å². The average molecular weight is 268 g/mol. The molecule has 0 amide bonds. The van der Waals surface area contributed by atoms with Gasteiger partial charge in [-0.15, -0.1) is 0 Å². The van der Waals surface area contributed by atoms with E-state index in [4.69, 9.17) is 0 Å². The Bertz CT molecular complexity index is 408. The lowest BCUT2D eigenvalue weighted by atomic mass is 9.88. The van der Waals surface area contributed by atoms with Crippen molar-refractivity contribution in [3.63, 3.8) is 0 Å². The first kappa shape index (κ1) is 15.4. The van der Waals surface area contributed by atoms with Crippen LogP contribution in [-0.4, -0.2) is 31.9 Å². The number of esters is 2. The van der Waals surface area contributed by atoms with Gasteiger partial charge in [0, 0.05) is 5.92 Å². The SMILES string of the molecule is COC(=O)CC(C)(C)/C=C/C(=O)C1CC1C(=O)OC. The van der Waals surface area contributed by atoms with Crippen molar-refractivity contribution in [3.8, 4) is 0 Å². The highest BCUT2D eigenvalue weighted by atomic mass is 16.5. The molecule has 2 unspecified atom stereocenters. The summed E-state index contributed by atoms with van der Waals surface area (Å²) in [6.07, 6.45) is 3.90. The number of carbonyl (C=O) groups excluding carboxylic acids is 3. The van der Waals surface area contributed by atoms with Gasteiger partial charge in [-0.3, -0.25) is 14.4 Å². The van der Waals surface area contributed by atoms with Crippen LogP contribution >= 0.6 is 0 Å². The highest BCUT2D eigenvalue weighted by Gasteiger charge is 2.47. The van der Waals surface area contributed by atoms with Gasteiger partial charge in [0.15, 0.2) is 5.78 Å². The molecule has 0 heterocycles. The van der Waals surface area contributed by atoms with Gasteiger partial charge in [-0.1, -0.05) is 19.9 Å². The fourth-order valence-electron chi connectivity index (χ4n) is 1.86. The van der Waals surface area contributed by atoms with E-state index < -0.39 is 5.41 Å². The minimum Gasteiger partial charge on any atom is -0.469 e. The molecule has 0 N–H and O–H groups in total. The molecular formula is C14H20O5. The normalized spacial score (nSPS) is 22.1. The first-order valence-corrected chi connectivity index (χ1v) is 6.18. The van der Waals surface area contributed by atoms with E-state index in [1.165, 1.54) is 20.3 Å². The van der Waals surface area contributed by atoms with Gasteiger partial charge in [-0.25, -0.2) is 0 Å². The molecule has 1 fully saturated rings. The number of hydrogen-bond donors (Lipinski definition) is 0. The molecule has 0 saturated heterocycles. The van der Waals surface area contributed by atoms with Gasteiger partial charge < -0.3 is 9.47 Å². The second-order valence-electron chi connectivity index (χ2n) is 5.45. The molecule has 1 saturated carbocycles. The standard InChI is InChI=1S/C14H20O5/c1-14(2,8-12(16)18-3)6-5-11(15)9-7-10(9)13(17)19-4/h5-6,9-10H,7-8H2,1-4H3/b6-5+. The molecule has 106 valence electrons. The van der Waals surface area contributed by atoms with Gasteiger partial charge in [0.05, 0.1) is 26.6 Å². The van der Waals surface area contributed by atoms with Gasteiger partial charge in [0.2, 0.25) is 0 Å². The summed E-state index contributed by atoms with van der Waals surface area (Å²) in [5.74, 6) is -1.31. The molecule has 0 radical (unpaired) electrons. The lowest BCUT2D eigenvalue weighted by molar-refractivity contribution is -0.143. The minimum atomic E-state index is -0.446. The molecule has 0 bridgehead atoms. The molecule has 0 aromatic heterocycles. The molecule has 5 nitrogen and oxygen atoms in total. The van der Waals surface area contributed by atoms with Crippen molar-refractivity contribution in [1.29, 1.82) is 0 Å². The van der Waals surface area contributed by atoms with Crippen LogP contribution in [0.15, 0.2) is 12.2 Å². The molecule has 0 aromatic rings. The first-order valence-electron chi connectivity index (χ1n) is 6.18. The zero-order valence-electron chi connectivity index (χ0n) is 11.8. The number of rotatable bonds is 6. The van der Waals surface area contributed by atoms with Crippen LogP contribution < -0.4 is 0 Å². The Balaban J connectivity index is 2.51. The van der Waals surface area contributed by atoms with Gasteiger partial charge >= 0.3 is 11.9 Å². The third kappa shape index (κ3) is 4.50. The summed E-state index contributed by atoms with van der Waals surface area (Å²) < 4.78 is 9.19. The third-order valence-electron chi connectivity index (χ3n) is 3.19. The zero-order chi connectivity index (χ0) is 14.6. The van der Waals surface area contributed by atoms with Gasteiger partial charge in [0.25, 0.3) is 0 Å². The maximum absolute atomic E-state index is 11.8. The Hall–Kier alpha value is -1.65. The maximum Gasteiger partial charge on any atom is 0.309 e. The van der Waals surface area contributed by atoms with E-state index in [0.717, 1.165) is 0 Å². The van der Waals surface area contributed by atoms with Crippen molar-refractivity contribution >= 4 is 17.7 Å². The number of ketones is 1. The fraction of sp³-hybridized carbons (Fsp3) is 0.643. The summed E-state index contributed by atoms with van der Waals surface area (Å²) in [6.45, 7) is 3.69. The molecule has 1 aliphatic rings. The molecule has 1 rings (SSSR count). The summed E-state index contributed by atoms with van der Waals surface area (Å²) in [5, 5.41) is 0. The Kier molecular flexibility index (Phi) is 4.86. The van der Waals surface area contributed by atoms with Crippen LogP contribution in [0.2, 0.25) is 0 Å². The van der Waals surface area contributed by atoms with E-state index >= 15 is 0 Å². The largest absolute Gasteiger partial charge is 0.469 e. The third-order valence-corrected chi connectivity index (χ3v) is 3.19. The molecule has 0 aromatic carbocycles. The number of ether oxygens (including phenoxy) is 2. The topological polar surface area (TPSA) is 69.7 Å². The Morgan fingerprint density at radius 3 is 2.32 bits per heavy atom. The molecule has 2 atom stereocenters. The summed E-state index contributed by atoms with van der Waals surface area (Å²) in [5.41, 5.74) is -0.446.